The van der Waals surface area contributed by atoms with Gasteiger partial charge in [-0.15, -0.1) is 0 Å². The fraction of sp³-hybridized carbons (Fsp3) is 0.333. The third-order valence-corrected chi connectivity index (χ3v) is 2.28. The summed E-state index contributed by atoms with van der Waals surface area (Å²) < 4.78 is 4.59. The summed E-state index contributed by atoms with van der Waals surface area (Å²) in [6.45, 7) is 3.65. The lowest BCUT2D eigenvalue weighted by Crippen LogP contribution is -2.06. The molecule has 1 aromatic carbocycles. The van der Waals surface area contributed by atoms with Crippen molar-refractivity contribution >= 4 is 11.8 Å². The van der Waals surface area contributed by atoms with Crippen LogP contribution < -0.4 is 0 Å². The molecule has 1 rings (SSSR count). The maximum atomic E-state index is 11.5. The van der Waals surface area contributed by atoms with E-state index in [-0.39, 0.29) is 5.78 Å². The summed E-state index contributed by atoms with van der Waals surface area (Å²) in [5.41, 5.74) is 1.90. The van der Waals surface area contributed by atoms with Crippen LogP contribution in [0.15, 0.2) is 18.2 Å². The Bertz CT molecular complexity index is 394. The largest absolute Gasteiger partial charge is 0.465 e. The molecule has 0 atom stereocenters. The molecule has 1 aromatic rings. The number of carbonyl (C=O) groups is 2. The van der Waals surface area contributed by atoms with Crippen molar-refractivity contribution in [3.8, 4) is 0 Å². The molecule has 3 heteroatoms. The maximum absolute atomic E-state index is 11.5. The highest BCUT2D eigenvalue weighted by atomic mass is 16.5. The van der Waals surface area contributed by atoms with Crippen molar-refractivity contribution in [2.24, 2.45) is 0 Å². The van der Waals surface area contributed by atoms with E-state index in [1.54, 1.807) is 25.1 Å². The van der Waals surface area contributed by atoms with Gasteiger partial charge >= 0.3 is 5.97 Å². The number of methoxy groups -OCH3 is 1. The second kappa shape index (κ2) is 4.73. The molecule has 0 aliphatic carbocycles. The quantitative estimate of drug-likeness (QED) is 0.563. The number of hydrogen-bond donors (Lipinski definition) is 0. The van der Waals surface area contributed by atoms with Gasteiger partial charge in [0.05, 0.1) is 12.7 Å². The first-order valence-corrected chi connectivity index (χ1v) is 4.82. The molecule has 0 saturated heterocycles. The average Bonchev–Trinajstić information content (AvgIpc) is 2.27. The van der Waals surface area contributed by atoms with E-state index >= 15 is 0 Å². The van der Waals surface area contributed by atoms with Gasteiger partial charge in [-0.25, -0.2) is 4.79 Å². The summed E-state index contributed by atoms with van der Waals surface area (Å²) in [5, 5.41) is 0. The Labute approximate surface area is 89.1 Å². The molecule has 0 saturated carbocycles. The van der Waals surface area contributed by atoms with Crippen LogP contribution in [0.3, 0.4) is 0 Å². The number of ether oxygens (including phenoxy) is 1. The smallest absolute Gasteiger partial charge is 0.337 e. The number of esters is 1. The van der Waals surface area contributed by atoms with Gasteiger partial charge in [0.15, 0.2) is 5.78 Å². The Balaban J connectivity index is 3.16. The first-order chi connectivity index (χ1) is 7.10. The van der Waals surface area contributed by atoms with Gasteiger partial charge in [-0.05, 0) is 24.6 Å². The fourth-order valence-electron chi connectivity index (χ4n) is 1.36. The lowest BCUT2D eigenvalue weighted by atomic mass is 10.0. The van der Waals surface area contributed by atoms with E-state index in [1.165, 1.54) is 7.11 Å². The van der Waals surface area contributed by atoms with Crippen LogP contribution in [-0.4, -0.2) is 18.9 Å². The molecular weight excluding hydrogens is 192 g/mol. The van der Waals surface area contributed by atoms with E-state index < -0.39 is 5.97 Å². The predicted octanol–water partition coefficient (Wildman–Crippen LogP) is 2.37. The minimum atomic E-state index is -0.417. The average molecular weight is 206 g/mol. The fourth-order valence-corrected chi connectivity index (χ4v) is 1.36. The van der Waals surface area contributed by atoms with Crippen molar-refractivity contribution in [2.75, 3.05) is 7.11 Å². The summed E-state index contributed by atoms with van der Waals surface area (Å²) >= 11 is 0. The number of ketones is 1. The minimum absolute atomic E-state index is 0.0400. The predicted molar refractivity (Wildman–Crippen MR) is 57.1 cm³/mol. The van der Waals surface area contributed by atoms with E-state index in [0.29, 0.717) is 17.5 Å². The number of Topliss-reactive ketones (excluding diaryl/α,β-unsaturated/α-hetero) is 1. The molecule has 0 aromatic heterocycles. The molecule has 80 valence electrons. The topological polar surface area (TPSA) is 43.4 Å². The van der Waals surface area contributed by atoms with Gasteiger partial charge in [0.1, 0.15) is 0 Å². The Morgan fingerprint density at radius 1 is 1.33 bits per heavy atom. The first-order valence-electron chi connectivity index (χ1n) is 4.82. The van der Waals surface area contributed by atoms with Crippen LogP contribution in [0.1, 0.15) is 39.6 Å². The maximum Gasteiger partial charge on any atom is 0.337 e. The number of aryl methyl sites for hydroxylation is 1. The molecule has 0 heterocycles. The van der Waals surface area contributed by atoms with Crippen LogP contribution in [0.4, 0.5) is 0 Å². The van der Waals surface area contributed by atoms with Gasteiger partial charge in [-0.2, -0.15) is 0 Å². The summed E-state index contributed by atoms with van der Waals surface area (Å²) in [4.78, 5) is 22.8. The number of benzene rings is 1. The van der Waals surface area contributed by atoms with Crippen LogP contribution in [0.25, 0.3) is 0 Å². The van der Waals surface area contributed by atoms with Gasteiger partial charge in [-0.3, -0.25) is 4.79 Å². The second-order valence-electron chi connectivity index (χ2n) is 3.30. The zero-order valence-electron chi connectivity index (χ0n) is 9.16. The molecular formula is C12H14O3. The van der Waals surface area contributed by atoms with Crippen molar-refractivity contribution in [1.82, 2.24) is 0 Å². The molecule has 0 fully saturated rings. The van der Waals surface area contributed by atoms with Gasteiger partial charge in [0.25, 0.3) is 0 Å². The van der Waals surface area contributed by atoms with Gasteiger partial charge in [-0.1, -0.05) is 13.0 Å². The Kier molecular flexibility index (Phi) is 3.61. The van der Waals surface area contributed by atoms with Crippen LogP contribution in [-0.2, 0) is 4.74 Å². The second-order valence-corrected chi connectivity index (χ2v) is 3.30. The van der Waals surface area contributed by atoms with E-state index in [1.807, 2.05) is 6.92 Å². The lowest BCUT2D eigenvalue weighted by molar-refractivity contribution is 0.0600. The highest BCUT2D eigenvalue weighted by molar-refractivity contribution is 6.00. The van der Waals surface area contributed by atoms with Crippen molar-refractivity contribution < 1.29 is 14.3 Å². The van der Waals surface area contributed by atoms with Crippen molar-refractivity contribution in [3.63, 3.8) is 0 Å². The zero-order valence-corrected chi connectivity index (χ0v) is 9.16. The van der Waals surface area contributed by atoms with Crippen LogP contribution in [0.2, 0.25) is 0 Å². The monoisotopic (exact) mass is 206 g/mol. The molecule has 0 unspecified atom stereocenters. The first kappa shape index (κ1) is 11.4. The third-order valence-electron chi connectivity index (χ3n) is 2.28. The van der Waals surface area contributed by atoms with Crippen LogP contribution in [0.5, 0.6) is 0 Å². The summed E-state index contributed by atoms with van der Waals surface area (Å²) in [6.07, 6.45) is 0.436. The summed E-state index contributed by atoms with van der Waals surface area (Å²) in [7, 11) is 1.32. The zero-order chi connectivity index (χ0) is 11.4. The number of hydrogen-bond acceptors (Lipinski definition) is 3. The van der Waals surface area contributed by atoms with E-state index in [2.05, 4.69) is 4.74 Å². The Morgan fingerprint density at radius 3 is 2.53 bits per heavy atom. The Hall–Kier alpha value is -1.64. The summed E-state index contributed by atoms with van der Waals surface area (Å²) in [6, 6.07) is 5.01. The van der Waals surface area contributed by atoms with Crippen molar-refractivity contribution in [2.45, 2.75) is 20.3 Å². The SMILES string of the molecule is CCC(=O)c1cc(C(=O)OC)ccc1C. The highest BCUT2D eigenvalue weighted by Gasteiger charge is 2.11. The van der Waals surface area contributed by atoms with Crippen LogP contribution >= 0.6 is 0 Å². The lowest BCUT2D eigenvalue weighted by Gasteiger charge is -2.05. The van der Waals surface area contributed by atoms with Crippen molar-refractivity contribution in [3.05, 3.63) is 34.9 Å². The highest BCUT2D eigenvalue weighted by Crippen LogP contribution is 2.14. The molecule has 0 amide bonds. The molecule has 0 radical (unpaired) electrons. The molecule has 0 aliphatic rings. The Morgan fingerprint density at radius 2 is 2.00 bits per heavy atom. The van der Waals surface area contributed by atoms with E-state index in [0.717, 1.165) is 5.56 Å². The van der Waals surface area contributed by atoms with Gasteiger partial charge in [0, 0.05) is 12.0 Å². The molecule has 15 heavy (non-hydrogen) atoms. The van der Waals surface area contributed by atoms with Crippen LogP contribution in [0, 0.1) is 6.92 Å². The van der Waals surface area contributed by atoms with E-state index in [4.69, 9.17) is 0 Å². The van der Waals surface area contributed by atoms with Gasteiger partial charge < -0.3 is 4.74 Å². The van der Waals surface area contributed by atoms with Crippen molar-refractivity contribution in [1.29, 1.82) is 0 Å². The van der Waals surface area contributed by atoms with E-state index in [9.17, 15) is 9.59 Å². The number of rotatable bonds is 3. The normalized spacial score (nSPS) is 9.80. The third kappa shape index (κ3) is 2.43. The molecule has 3 nitrogen and oxygen atoms in total. The molecule has 0 N–H and O–H groups in total. The molecule has 0 spiro atoms. The number of carbonyl (C=O) groups excluding carboxylic acids is 2. The minimum Gasteiger partial charge on any atom is -0.465 e. The summed E-state index contributed by atoms with van der Waals surface area (Å²) in [5.74, 6) is -0.376. The van der Waals surface area contributed by atoms with Gasteiger partial charge in [0.2, 0.25) is 0 Å². The molecule has 0 aliphatic heterocycles. The standard InChI is InChI=1S/C12H14O3/c1-4-11(13)10-7-9(12(14)15-3)6-5-8(10)2/h5-7H,4H2,1-3H3. The molecule has 0 bridgehead atoms.